The molecule has 0 aliphatic heterocycles. The van der Waals surface area contributed by atoms with Crippen LogP contribution in [0.3, 0.4) is 0 Å². The summed E-state index contributed by atoms with van der Waals surface area (Å²) in [6.45, 7) is 7.74. The Hall–Kier alpha value is -1.75. The number of amides is 2. The number of hydrogen-bond donors (Lipinski definition) is 2. The number of anilines is 1. The Morgan fingerprint density at radius 3 is 2.45 bits per heavy atom. The number of aryl methyl sites for hydroxylation is 1. The van der Waals surface area contributed by atoms with Crippen molar-refractivity contribution in [2.75, 3.05) is 25.4 Å². The van der Waals surface area contributed by atoms with Crippen molar-refractivity contribution in [3.05, 3.63) is 29.3 Å². The zero-order valence-corrected chi connectivity index (χ0v) is 14.3. The van der Waals surface area contributed by atoms with E-state index < -0.39 is 0 Å². The van der Waals surface area contributed by atoms with Gasteiger partial charge in [0.25, 0.3) is 5.91 Å². The Morgan fingerprint density at radius 2 is 1.86 bits per heavy atom. The van der Waals surface area contributed by atoms with Crippen molar-refractivity contribution in [1.29, 1.82) is 0 Å². The van der Waals surface area contributed by atoms with Gasteiger partial charge in [-0.1, -0.05) is 6.07 Å². The summed E-state index contributed by atoms with van der Waals surface area (Å²) in [6, 6.07) is 5.27. The summed E-state index contributed by atoms with van der Waals surface area (Å²) < 4.78 is 0. The van der Waals surface area contributed by atoms with E-state index >= 15 is 0 Å². The first kappa shape index (κ1) is 20.2. The number of carbonyl (C=O) groups excluding carboxylic acids is 2. The van der Waals surface area contributed by atoms with Gasteiger partial charge in [0.15, 0.2) is 0 Å². The van der Waals surface area contributed by atoms with E-state index in [0.717, 1.165) is 18.7 Å². The van der Waals surface area contributed by atoms with Crippen molar-refractivity contribution in [2.24, 2.45) is 0 Å². The molecule has 6 heteroatoms. The van der Waals surface area contributed by atoms with Crippen LogP contribution in [0.5, 0.6) is 0 Å². The number of halogens is 1. The maximum Gasteiger partial charge on any atom is 0.251 e. The summed E-state index contributed by atoms with van der Waals surface area (Å²) in [6.07, 6.45) is 1.10. The third-order valence-corrected chi connectivity index (χ3v) is 3.48. The van der Waals surface area contributed by atoms with Gasteiger partial charge in [-0.15, -0.1) is 12.4 Å². The molecule has 0 saturated carbocycles. The van der Waals surface area contributed by atoms with Crippen molar-refractivity contribution in [2.45, 2.75) is 33.6 Å². The highest BCUT2D eigenvalue weighted by Gasteiger charge is 2.11. The maximum absolute atomic E-state index is 12.0. The Balaban J connectivity index is 0.00000441. The third kappa shape index (κ3) is 5.93. The standard InChI is InChI=1S/C16H25N3O2.ClH/c1-4-19(5-2)15(20)7-6-10-18-16(21)14-11-13(17)9-8-12(14)3;/h8-9,11H,4-7,10,17H2,1-3H3,(H,18,21);1H. The number of nitrogens with zero attached hydrogens (tertiary/aromatic N) is 1. The van der Waals surface area contributed by atoms with Crippen LogP contribution in [0.25, 0.3) is 0 Å². The molecule has 0 unspecified atom stereocenters. The van der Waals surface area contributed by atoms with Gasteiger partial charge in [-0.3, -0.25) is 9.59 Å². The lowest BCUT2D eigenvalue weighted by molar-refractivity contribution is -0.130. The van der Waals surface area contributed by atoms with Crippen LogP contribution in [0, 0.1) is 6.92 Å². The van der Waals surface area contributed by atoms with Crippen LogP contribution in [-0.4, -0.2) is 36.3 Å². The minimum absolute atomic E-state index is 0. The Morgan fingerprint density at radius 1 is 1.23 bits per heavy atom. The highest BCUT2D eigenvalue weighted by molar-refractivity contribution is 5.96. The molecule has 124 valence electrons. The van der Waals surface area contributed by atoms with Crippen LogP contribution in [0.2, 0.25) is 0 Å². The second-order valence-electron chi connectivity index (χ2n) is 5.00. The second-order valence-corrected chi connectivity index (χ2v) is 5.00. The highest BCUT2D eigenvalue weighted by atomic mass is 35.5. The smallest absolute Gasteiger partial charge is 0.251 e. The first-order chi connectivity index (χ1) is 9.99. The average Bonchev–Trinajstić information content (AvgIpc) is 2.47. The van der Waals surface area contributed by atoms with Gasteiger partial charge in [0.1, 0.15) is 0 Å². The minimum atomic E-state index is -0.143. The van der Waals surface area contributed by atoms with Crippen LogP contribution in [0.1, 0.15) is 42.6 Å². The van der Waals surface area contributed by atoms with E-state index in [4.69, 9.17) is 5.73 Å². The normalized spacial score (nSPS) is 9.77. The number of hydrogen-bond acceptors (Lipinski definition) is 3. The van der Waals surface area contributed by atoms with Crippen LogP contribution in [-0.2, 0) is 4.79 Å². The first-order valence-electron chi connectivity index (χ1n) is 7.41. The molecule has 1 rings (SSSR count). The summed E-state index contributed by atoms with van der Waals surface area (Å²) in [5.74, 6) is -0.00975. The van der Waals surface area contributed by atoms with Crippen LogP contribution in [0.4, 0.5) is 5.69 Å². The summed E-state index contributed by atoms with van der Waals surface area (Å²) in [5, 5.41) is 2.83. The molecular weight excluding hydrogens is 302 g/mol. The van der Waals surface area contributed by atoms with Gasteiger partial charge in [-0.25, -0.2) is 0 Å². The van der Waals surface area contributed by atoms with Crippen molar-refractivity contribution in [1.82, 2.24) is 10.2 Å². The molecule has 0 aliphatic carbocycles. The lowest BCUT2D eigenvalue weighted by Gasteiger charge is -2.18. The predicted molar refractivity (Wildman–Crippen MR) is 92.3 cm³/mol. The van der Waals surface area contributed by atoms with Crippen molar-refractivity contribution >= 4 is 29.9 Å². The Kier molecular flexibility index (Phi) is 9.26. The van der Waals surface area contributed by atoms with Gasteiger partial charge in [-0.2, -0.15) is 0 Å². The molecule has 0 bridgehead atoms. The SMILES string of the molecule is CCN(CC)C(=O)CCCNC(=O)c1cc(N)ccc1C.Cl. The molecule has 0 aromatic heterocycles. The molecular formula is C16H26ClN3O2. The summed E-state index contributed by atoms with van der Waals surface area (Å²) >= 11 is 0. The van der Waals surface area contributed by atoms with Crippen LogP contribution in [0.15, 0.2) is 18.2 Å². The van der Waals surface area contributed by atoms with Gasteiger partial charge in [0.2, 0.25) is 5.91 Å². The van der Waals surface area contributed by atoms with Gasteiger partial charge in [0, 0.05) is 37.3 Å². The third-order valence-electron chi connectivity index (χ3n) is 3.48. The molecule has 1 aromatic carbocycles. The molecule has 22 heavy (non-hydrogen) atoms. The first-order valence-corrected chi connectivity index (χ1v) is 7.41. The summed E-state index contributed by atoms with van der Waals surface area (Å²) in [5.41, 5.74) is 7.74. The fourth-order valence-corrected chi connectivity index (χ4v) is 2.16. The number of carbonyl (C=O) groups is 2. The van der Waals surface area contributed by atoms with E-state index in [1.165, 1.54) is 0 Å². The molecule has 0 fully saturated rings. The van der Waals surface area contributed by atoms with E-state index in [1.807, 2.05) is 26.8 Å². The number of nitrogens with one attached hydrogen (secondary N) is 1. The van der Waals surface area contributed by atoms with Gasteiger partial charge < -0.3 is 16.0 Å². The minimum Gasteiger partial charge on any atom is -0.399 e. The number of benzene rings is 1. The fourth-order valence-electron chi connectivity index (χ4n) is 2.16. The number of nitrogen functional groups attached to an aromatic ring is 1. The molecule has 0 heterocycles. The number of rotatable bonds is 7. The largest absolute Gasteiger partial charge is 0.399 e. The molecule has 1 aromatic rings. The van der Waals surface area contributed by atoms with Crippen molar-refractivity contribution < 1.29 is 9.59 Å². The maximum atomic E-state index is 12.0. The lowest BCUT2D eigenvalue weighted by atomic mass is 10.1. The van der Waals surface area contributed by atoms with E-state index in [9.17, 15) is 9.59 Å². The topological polar surface area (TPSA) is 75.4 Å². The monoisotopic (exact) mass is 327 g/mol. The van der Waals surface area contributed by atoms with E-state index in [0.29, 0.717) is 30.6 Å². The van der Waals surface area contributed by atoms with E-state index in [1.54, 1.807) is 17.0 Å². The van der Waals surface area contributed by atoms with E-state index in [-0.39, 0.29) is 24.2 Å². The number of nitrogens with two attached hydrogens (primary N) is 1. The van der Waals surface area contributed by atoms with Gasteiger partial charge >= 0.3 is 0 Å². The molecule has 3 N–H and O–H groups in total. The zero-order valence-electron chi connectivity index (χ0n) is 13.5. The Labute approximate surface area is 138 Å². The molecule has 0 atom stereocenters. The molecule has 0 radical (unpaired) electrons. The van der Waals surface area contributed by atoms with Gasteiger partial charge in [-0.05, 0) is 44.9 Å². The van der Waals surface area contributed by atoms with Crippen LogP contribution < -0.4 is 11.1 Å². The molecule has 5 nitrogen and oxygen atoms in total. The quantitative estimate of drug-likeness (QED) is 0.596. The molecule has 0 aliphatic rings. The molecule has 2 amide bonds. The molecule has 0 saturated heterocycles. The molecule has 0 spiro atoms. The lowest BCUT2D eigenvalue weighted by Crippen LogP contribution is -2.31. The average molecular weight is 328 g/mol. The Bertz CT molecular complexity index is 502. The fraction of sp³-hybridized carbons (Fsp3) is 0.500. The summed E-state index contributed by atoms with van der Waals surface area (Å²) in [4.78, 5) is 25.7. The predicted octanol–water partition coefficient (Wildman–Crippen LogP) is 2.38. The van der Waals surface area contributed by atoms with Crippen LogP contribution >= 0.6 is 12.4 Å². The summed E-state index contributed by atoms with van der Waals surface area (Å²) in [7, 11) is 0. The van der Waals surface area contributed by atoms with Crippen molar-refractivity contribution in [3.8, 4) is 0 Å². The van der Waals surface area contributed by atoms with Gasteiger partial charge in [0.05, 0.1) is 0 Å². The second kappa shape index (κ2) is 10.1. The highest BCUT2D eigenvalue weighted by Crippen LogP contribution is 2.12. The zero-order chi connectivity index (χ0) is 15.8. The van der Waals surface area contributed by atoms with Crippen molar-refractivity contribution in [3.63, 3.8) is 0 Å². The van der Waals surface area contributed by atoms with E-state index in [2.05, 4.69) is 5.32 Å².